The number of aromatic nitrogens is 1. The molecule has 0 aliphatic heterocycles. The molecular weight excluding hydrogens is 100 g/mol. The SMILES string of the molecule is [2H]C([2H])([2H])c1cc(N)ccn1. The van der Waals surface area contributed by atoms with Gasteiger partial charge in [0.05, 0.1) is 0 Å². The predicted octanol–water partition coefficient (Wildman–Crippen LogP) is 0.972. The molecule has 0 fully saturated rings. The average Bonchev–Trinajstić information content (AvgIpc) is 1.86. The Morgan fingerprint density at radius 2 is 2.75 bits per heavy atom. The Morgan fingerprint density at radius 3 is 3.25 bits per heavy atom. The van der Waals surface area contributed by atoms with Gasteiger partial charge in [-0.05, 0) is 19.0 Å². The zero-order valence-corrected chi connectivity index (χ0v) is 4.26. The first kappa shape index (κ1) is 2.49. The number of nitrogen functional groups attached to an aromatic ring is 1. The summed E-state index contributed by atoms with van der Waals surface area (Å²) in [5, 5.41) is 0. The van der Waals surface area contributed by atoms with Crippen LogP contribution >= 0.6 is 0 Å². The van der Waals surface area contributed by atoms with Crippen LogP contribution in [0.15, 0.2) is 18.3 Å². The Morgan fingerprint density at radius 1 is 1.88 bits per heavy atom. The van der Waals surface area contributed by atoms with E-state index in [0.717, 1.165) is 0 Å². The van der Waals surface area contributed by atoms with Crippen LogP contribution in [0, 0.1) is 6.85 Å². The largest absolute Gasteiger partial charge is 0.399 e. The first-order chi connectivity index (χ1) is 5.00. The van der Waals surface area contributed by atoms with Gasteiger partial charge in [-0.25, -0.2) is 0 Å². The van der Waals surface area contributed by atoms with Gasteiger partial charge in [0.2, 0.25) is 0 Å². The van der Waals surface area contributed by atoms with Crippen LogP contribution in [0.5, 0.6) is 0 Å². The summed E-state index contributed by atoms with van der Waals surface area (Å²) < 4.78 is 21.0. The van der Waals surface area contributed by atoms with E-state index in [1.165, 1.54) is 12.3 Å². The van der Waals surface area contributed by atoms with Gasteiger partial charge in [-0.1, -0.05) is 0 Å². The minimum absolute atomic E-state index is 0.0394. The molecule has 1 heterocycles. The molecule has 0 bridgehead atoms. The summed E-state index contributed by atoms with van der Waals surface area (Å²) in [5.74, 6) is 0. The molecular formula is C6H8N2. The highest BCUT2D eigenvalue weighted by atomic mass is 14.7. The lowest BCUT2D eigenvalue weighted by molar-refractivity contribution is 1.20. The van der Waals surface area contributed by atoms with Crippen molar-refractivity contribution in [2.75, 3.05) is 5.73 Å². The van der Waals surface area contributed by atoms with Gasteiger partial charge in [-0.3, -0.25) is 4.98 Å². The van der Waals surface area contributed by atoms with Crippen LogP contribution in [0.4, 0.5) is 5.69 Å². The van der Waals surface area contributed by atoms with Crippen molar-refractivity contribution < 1.29 is 4.11 Å². The number of nitrogens with two attached hydrogens (primary N) is 1. The van der Waals surface area contributed by atoms with Gasteiger partial charge < -0.3 is 5.73 Å². The van der Waals surface area contributed by atoms with E-state index >= 15 is 0 Å². The maximum absolute atomic E-state index is 6.98. The van der Waals surface area contributed by atoms with Crippen LogP contribution in [0.3, 0.4) is 0 Å². The highest BCUT2D eigenvalue weighted by Crippen LogP contribution is 1.99. The average molecular weight is 111 g/mol. The number of pyridine rings is 1. The lowest BCUT2D eigenvalue weighted by Gasteiger charge is -1.90. The molecule has 42 valence electrons. The van der Waals surface area contributed by atoms with Crippen molar-refractivity contribution in [1.82, 2.24) is 4.98 Å². The number of anilines is 1. The minimum atomic E-state index is -2.16. The fourth-order valence-electron chi connectivity index (χ4n) is 0.447. The second-order valence-corrected chi connectivity index (χ2v) is 1.47. The van der Waals surface area contributed by atoms with Crippen molar-refractivity contribution in [3.8, 4) is 0 Å². The fourth-order valence-corrected chi connectivity index (χ4v) is 0.447. The van der Waals surface area contributed by atoms with E-state index in [1.54, 1.807) is 6.07 Å². The molecule has 2 N–H and O–H groups in total. The predicted molar refractivity (Wildman–Crippen MR) is 33.4 cm³/mol. The quantitative estimate of drug-likeness (QED) is 0.541. The molecule has 1 aromatic rings. The van der Waals surface area contributed by atoms with E-state index in [4.69, 9.17) is 9.85 Å². The van der Waals surface area contributed by atoms with Gasteiger partial charge in [0.15, 0.2) is 0 Å². The van der Waals surface area contributed by atoms with Gasteiger partial charge in [0.25, 0.3) is 0 Å². The summed E-state index contributed by atoms with van der Waals surface area (Å²) in [6.45, 7) is -2.16. The molecule has 2 nitrogen and oxygen atoms in total. The number of aryl methyl sites for hydroxylation is 1. The second kappa shape index (κ2) is 1.82. The van der Waals surface area contributed by atoms with Gasteiger partial charge in [-0.15, -0.1) is 0 Å². The molecule has 1 aromatic heterocycles. The summed E-state index contributed by atoms with van der Waals surface area (Å²) in [4.78, 5) is 3.67. The molecule has 0 saturated carbocycles. The zero-order chi connectivity index (χ0) is 8.48. The molecule has 0 aliphatic carbocycles. The standard InChI is InChI=1S/C6H8N2/c1-5-4-6(7)2-3-8-5/h2-4H,1H3,(H2,7,8)/i1D3. The molecule has 0 amide bonds. The lowest BCUT2D eigenvalue weighted by atomic mass is 10.3. The van der Waals surface area contributed by atoms with Crippen LogP contribution in [-0.4, -0.2) is 4.98 Å². The Bertz CT molecular complexity index is 256. The lowest BCUT2D eigenvalue weighted by Crippen LogP contribution is -1.85. The smallest absolute Gasteiger partial charge is 0.0393 e. The van der Waals surface area contributed by atoms with Crippen LogP contribution in [0.2, 0.25) is 0 Å². The normalized spacial score (nSPS) is 16.2. The number of hydrogen-bond donors (Lipinski definition) is 1. The van der Waals surface area contributed by atoms with Crippen molar-refractivity contribution in [3.63, 3.8) is 0 Å². The Balaban J connectivity index is 3.06. The van der Waals surface area contributed by atoms with E-state index in [1.807, 2.05) is 0 Å². The molecule has 0 atom stereocenters. The van der Waals surface area contributed by atoms with Crippen LogP contribution in [0.1, 0.15) is 9.81 Å². The van der Waals surface area contributed by atoms with E-state index in [0.29, 0.717) is 5.69 Å². The molecule has 0 radical (unpaired) electrons. The monoisotopic (exact) mass is 111 g/mol. The molecule has 0 unspecified atom stereocenters. The minimum Gasteiger partial charge on any atom is -0.399 e. The van der Waals surface area contributed by atoms with Crippen molar-refractivity contribution in [2.45, 2.75) is 6.85 Å². The topological polar surface area (TPSA) is 38.9 Å². The summed E-state index contributed by atoms with van der Waals surface area (Å²) in [7, 11) is 0. The van der Waals surface area contributed by atoms with Gasteiger partial charge in [-0.2, -0.15) is 0 Å². The first-order valence-corrected chi connectivity index (χ1v) is 2.22. The van der Waals surface area contributed by atoms with Crippen LogP contribution in [-0.2, 0) is 0 Å². The van der Waals surface area contributed by atoms with Crippen molar-refractivity contribution >= 4 is 5.69 Å². The Kier molecular flexibility index (Phi) is 0.565. The maximum Gasteiger partial charge on any atom is 0.0393 e. The van der Waals surface area contributed by atoms with Gasteiger partial charge in [0.1, 0.15) is 0 Å². The third kappa shape index (κ3) is 0.964. The van der Waals surface area contributed by atoms with E-state index in [2.05, 4.69) is 4.98 Å². The van der Waals surface area contributed by atoms with Crippen molar-refractivity contribution in [2.24, 2.45) is 0 Å². The molecule has 0 aliphatic rings. The number of rotatable bonds is 0. The van der Waals surface area contributed by atoms with Crippen molar-refractivity contribution in [1.29, 1.82) is 0 Å². The third-order valence-corrected chi connectivity index (χ3v) is 0.784. The second-order valence-electron chi connectivity index (χ2n) is 1.47. The summed E-state index contributed by atoms with van der Waals surface area (Å²) in [6.07, 6.45) is 1.39. The highest BCUT2D eigenvalue weighted by molar-refractivity contribution is 5.36. The highest BCUT2D eigenvalue weighted by Gasteiger charge is 1.82. The first-order valence-electron chi connectivity index (χ1n) is 3.72. The van der Waals surface area contributed by atoms with E-state index in [9.17, 15) is 0 Å². The zero-order valence-electron chi connectivity index (χ0n) is 7.26. The molecule has 0 aromatic carbocycles. The number of nitrogens with zero attached hydrogens (tertiary/aromatic N) is 1. The van der Waals surface area contributed by atoms with E-state index in [-0.39, 0.29) is 5.69 Å². The third-order valence-electron chi connectivity index (χ3n) is 0.784. The fraction of sp³-hybridized carbons (Fsp3) is 0.167. The molecule has 2 heteroatoms. The van der Waals surface area contributed by atoms with Gasteiger partial charge in [0, 0.05) is 21.7 Å². The van der Waals surface area contributed by atoms with Crippen LogP contribution < -0.4 is 5.73 Å². The van der Waals surface area contributed by atoms with Gasteiger partial charge >= 0.3 is 0 Å². The maximum atomic E-state index is 6.98. The van der Waals surface area contributed by atoms with Crippen molar-refractivity contribution in [3.05, 3.63) is 24.0 Å². The molecule has 0 spiro atoms. The summed E-state index contributed by atoms with van der Waals surface area (Å²) in [5.41, 5.74) is 5.83. The molecule has 8 heavy (non-hydrogen) atoms. The Hall–Kier alpha value is -1.05. The number of hydrogen-bond acceptors (Lipinski definition) is 2. The van der Waals surface area contributed by atoms with Crippen LogP contribution in [0.25, 0.3) is 0 Å². The summed E-state index contributed by atoms with van der Waals surface area (Å²) in [6, 6.07) is 2.90. The summed E-state index contributed by atoms with van der Waals surface area (Å²) >= 11 is 0. The van der Waals surface area contributed by atoms with E-state index < -0.39 is 6.85 Å². The Labute approximate surface area is 52.6 Å². The molecule has 0 saturated heterocycles. The molecule has 1 rings (SSSR count).